The third kappa shape index (κ3) is 3.42. The van der Waals surface area contributed by atoms with E-state index in [0.29, 0.717) is 38.6 Å². The molecule has 2 aliphatic rings. The van der Waals surface area contributed by atoms with Gasteiger partial charge in [0.15, 0.2) is 0 Å². The van der Waals surface area contributed by atoms with Crippen LogP contribution in [0.25, 0.3) is 0 Å². The second kappa shape index (κ2) is 6.72. The van der Waals surface area contributed by atoms with Crippen LogP contribution in [0.1, 0.15) is 50.7 Å². The number of hydrogen-bond acceptors (Lipinski definition) is 3. The number of alkyl halides is 3. The molecule has 1 aromatic rings. The number of carbonyl (C=O) groups excluding carboxylic acids is 1. The maximum absolute atomic E-state index is 13.2. The van der Waals surface area contributed by atoms with Crippen LogP contribution in [0.2, 0.25) is 0 Å². The summed E-state index contributed by atoms with van der Waals surface area (Å²) in [6, 6.07) is -0.151. The Hall–Kier alpha value is -1.60. The number of fused-ring (bicyclic) bond motifs is 1. The van der Waals surface area contributed by atoms with Crippen LogP contribution in [0.3, 0.4) is 0 Å². The molecule has 0 saturated heterocycles. The van der Waals surface area contributed by atoms with Crippen molar-refractivity contribution in [2.24, 2.45) is 11.8 Å². The summed E-state index contributed by atoms with van der Waals surface area (Å²) in [4.78, 5) is 12.5. The van der Waals surface area contributed by atoms with Crippen LogP contribution in [0.4, 0.5) is 13.2 Å². The Labute approximate surface area is 139 Å². The summed E-state index contributed by atoms with van der Waals surface area (Å²) in [5.74, 6) is -1.16. The van der Waals surface area contributed by atoms with Crippen molar-refractivity contribution in [3.05, 3.63) is 11.6 Å². The molecule has 1 aliphatic carbocycles. The zero-order valence-corrected chi connectivity index (χ0v) is 13.8. The standard InChI is InChI=1S/C16H23F3N4O/c1-2-13-21-22-14-8-7-10(9-23(13)14)20-15(24)11-5-3-4-6-12(11)16(17,18)19/h10-12H,2-9H2,1H3,(H,20,24). The third-order valence-corrected chi connectivity index (χ3v) is 5.21. The minimum Gasteiger partial charge on any atom is -0.351 e. The Morgan fingerprint density at radius 2 is 2.00 bits per heavy atom. The number of rotatable bonds is 3. The lowest BCUT2D eigenvalue weighted by Gasteiger charge is -2.34. The Morgan fingerprint density at radius 1 is 1.25 bits per heavy atom. The van der Waals surface area contributed by atoms with E-state index in [1.807, 2.05) is 11.5 Å². The molecule has 3 unspecified atom stereocenters. The first-order valence-electron chi connectivity index (χ1n) is 8.68. The highest BCUT2D eigenvalue weighted by Gasteiger charge is 2.48. The van der Waals surface area contributed by atoms with Crippen molar-refractivity contribution >= 4 is 5.91 Å². The van der Waals surface area contributed by atoms with E-state index in [-0.39, 0.29) is 12.5 Å². The van der Waals surface area contributed by atoms with E-state index in [0.717, 1.165) is 18.1 Å². The molecular formula is C16H23F3N4O. The molecule has 0 radical (unpaired) electrons. The molecule has 0 aromatic carbocycles. The molecule has 1 amide bonds. The first-order valence-corrected chi connectivity index (χ1v) is 8.68. The van der Waals surface area contributed by atoms with Gasteiger partial charge in [-0.2, -0.15) is 13.2 Å². The molecule has 1 N–H and O–H groups in total. The fraction of sp³-hybridized carbons (Fsp3) is 0.812. The zero-order valence-electron chi connectivity index (χ0n) is 13.8. The molecule has 134 valence electrons. The molecule has 1 aromatic heterocycles. The summed E-state index contributed by atoms with van der Waals surface area (Å²) in [5, 5.41) is 11.1. The number of hydrogen-bond donors (Lipinski definition) is 1. The summed E-state index contributed by atoms with van der Waals surface area (Å²) in [6.45, 7) is 2.52. The first kappa shape index (κ1) is 17.2. The molecule has 1 aliphatic heterocycles. The van der Waals surface area contributed by atoms with Crippen LogP contribution >= 0.6 is 0 Å². The maximum atomic E-state index is 13.2. The molecule has 1 saturated carbocycles. The molecular weight excluding hydrogens is 321 g/mol. The quantitative estimate of drug-likeness (QED) is 0.917. The van der Waals surface area contributed by atoms with Crippen LogP contribution in [-0.2, 0) is 24.2 Å². The average Bonchev–Trinajstić information content (AvgIpc) is 2.96. The highest BCUT2D eigenvalue weighted by molar-refractivity contribution is 5.79. The Balaban J connectivity index is 1.66. The number of carbonyl (C=O) groups is 1. The van der Waals surface area contributed by atoms with Gasteiger partial charge in [-0.15, -0.1) is 10.2 Å². The molecule has 3 atom stereocenters. The van der Waals surface area contributed by atoms with Crippen molar-refractivity contribution in [3.63, 3.8) is 0 Å². The highest BCUT2D eigenvalue weighted by atomic mass is 19.4. The fourth-order valence-electron chi connectivity index (χ4n) is 3.91. The molecule has 5 nitrogen and oxygen atoms in total. The Morgan fingerprint density at radius 3 is 2.71 bits per heavy atom. The second-order valence-corrected chi connectivity index (χ2v) is 6.78. The summed E-state index contributed by atoms with van der Waals surface area (Å²) in [6.07, 6.45) is -0.574. The lowest BCUT2D eigenvalue weighted by Crippen LogP contribution is -2.48. The lowest BCUT2D eigenvalue weighted by atomic mass is 9.78. The summed E-state index contributed by atoms with van der Waals surface area (Å²) in [5.41, 5.74) is 0. The zero-order chi connectivity index (χ0) is 17.3. The van der Waals surface area contributed by atoms with Crippen molar-refractivity contribution < 1.29 is 18.0 Å². The van der Waals surface area contributed by atoms with Crippen LogP contribution < -0.4 is 5.32 Å². The predicted octanol–water partition coefficient (Wildman–Crippen LogP) is 2.64. The molecule has 1 fully saturated rings. The van der Waals surface area contributed by atoms with Crippen LogP contribution in [0.5, 0.6) is 0 Å². The van der Waals surface area contributed by atoms with Gasteiger partial charge in [0.05, 0.1) is 5.92 Å². The van der Waals surface area contributed by atoms with Crippen LogP contribution in [0, 0.1) is 11.8 Å². The molecule has 2 heterocycles. The van der Waals surface area contributed by atoms with Gasteiger partial charge in [-0.05, 0) is 19.3 Å². The lowest BCUT2D eigenvalue weighted by molar-refractivity contribution is -0.198. The topological polar surface area (TPSA) is 59.8 Å². The van der Waals surface area contributed by atoms with Crippen LogP contribution in [-0.4, -0.2) is 32.9 Å². The van der Waals surface area contributed by atoms with Crippen LogP contribution in [0.15, 0.2) is 0 Å². The molecule has 8 heteroatoms. The predicted molar refractivity (Wildman–Crippen MR) is 81.2 cm³/mol. The van der Waals surface area contributed by atoms with E-state index in [1.54, 1.807) is 0 Å². The van der Waals surface area contributed by atoms with Gasteiger partial charge < -0.3 is 9.88 Å². The van der Waals surface area contributed by atoms with Gasteiger partial charge in [-0.1, -0.05) is 19.8 Å². The minimum atomic E-state index is -4.30. The van der Waals surface area contributed by atoms with Gasteiger partial charge in [0.25, 0.3) is 0 Å². The Kier molecular flexibility index (Phi) is 4.83. The SMILES string of the molecule is CCc1nnc2n1CC(NC(=O)C1CCCCC1C(F)(F)F)CC2. The van der Waals surface area contributed by atoms with E-state index in [2.05, 4.69) is 15.5 Å². The van der Waals surface area contributed by atoms with Gasteiger partial charge in [0.1, 0.15) is 11.6 Å². The Bertz CT molecular complexity index is 585. The van der Waals surface area contributed by atoms with E-state index < -0.39 is 23.9 Å². The van der Waals surface area contributed by atoms with E-state index in [4.69, 9.17) is 0 Å². The summed E-state index contributed by atoms with van der Waals surface area (Å²) >= 11 is 0. The average molecular weight is 344 g/mol. The number of halogens is 3. The van der Waals surface area contributed by atoms with Crippen molar-refractivity contribution in [3.8, 4) is 0 Å². The number of aryl methyl sites for hydroxylation is 2. The van der Waals surface area contributed by atoms with Gasteiger partial charge in [0, 0.05) is 31.3 Å². The van der Waals surface area contributed by atoms with Gasteiger partial charge in [-0.25, -0.2) is 0 Å². The monoisotopic (exact) mass is 344 g/mol. The normalized spacial score (nSPS) is 27.6. The van der Waals surface area contributed by atoms with Crippen molar-refractivity contribution in [1.82, 2.24) is 20.1 Å². The van der Waals surface area contributed by atoms with Gasteiger partial charge in [0.2, 0.25) is 5.91 Å². The van der Waals surface area contributed by atoms with Crippen molar-refractivity contribution in [1.29, 1.82) is 0 Å². The van der Waals surface area contributed by atoms with Gasteiger partial charge in [-0.3, -0.25) is 4.79 Å². The number of nitrogens with zero attached hydrogens (tertiary/aromatic N) is 3. The van der Waals surface area contributed by atoms with E-state index >= 15 is 0 Å². The van der Waals surface area contributed by atoms with Gasteiger partial charge >= 0.3 is 6.18 Å². The number of amides is 1. The smallest absolute Gasteiger partial charge is 0.351 e. The molecule has 24 heavy (non-hydrogen) atoms. The molecule has 0 bridgehead atoms. The minimum absolute atomic E-state index is 0.0574. The number of aromatic nitrogens is 3. The van der Waals surface area contributed by atoms with Crippen molar-refractivity contribution in [2.75, 3.05) is 0 Å². The maximum Gasteiger partial charge on any atom is 0.392 e. The molecule has 3 rings (SSSR count). The highest BCUT2D eigenvalue weighted by Crippen LogP contribution is 2.41. The fourth-order valence-corrected chi connectivity index (χ4v) is 3.91. The van der Waals surface area contributed by atoms with E-state index in [9.17, 15) is 18.0 Å². The largest absolute Gasteiger partial charge is 0.392 e. The summed E-state index contributed by atoms with van der Waals surface area (Å²) < 4.78 is 41.5. The van der Waals surface area contributed by atoms with Crippen molar-refractivity contribution in [2.45, 2.75) is 70.6 Å². The van der Waals surface area contributed by atoms with E-state index in [1.165, 1.54) is 0 Å². The summed E-state index contributed by atoms with van der Waals surface area (Å²) in [7, 11) is 0. The number of nitrogens with one attached hydrogen (secondary N) is 1. The third-order valence-electron chi connectivity index (χ3n) is 5.21. The molecule has 0 spiro atoms. The second-order valence-electron chi connectivity index (χ2n) is 6.78. The first-order chi connectivity index (χ1) is 11.4.